The van der Waals surface area contributed by atoms with Gasteiger partial charge in [-0.05, 0) is 31.4 Å². The standard InChI is InChI=1S/C13H14N6S/c14-10-4-3-8(6-10)12-18-19-11(16-17-13(19)20-12)9-2-1-5-15-7-9/h1-2,5,7-8,10H,3-4,6,14H2. The number of fused-ring (bicyclic) bond motifs is 1. The summed E-state index contributed by atoms with van der Waals surface area (Å²) in [7, 11) is 0. The molecule has 4 rings (SSSR count). The van der Waals surface area contributed by atoms with Crippen LogP contribution >= 0.6 is 11.3 Å². The highest BCUT2D eigenvalue weighted by Crippen LogP contribution is 2.36. The van der Waals surface area contributed by atoms with Crippen molar-refractivity contribution in [1.29, 1.82) is 0 Å². The van der Waals surface area contributed by atoms with Gasteiger partial charge >= 0.3 is 0 Å². The Labute approximate surface area is 119 Å². The van der Waals surface area contributed by atoms with E-state index in [2.05, 4.69) is 15.2 Å². The Morgan fingerprint density at radius 3 is 3.00 bits per heavy atom. The van der Waals surface area contributed by atoms with E-state index in [4.69, 9.17) is 10.8 Å². The number of pyridine rings is 1. The van der Waals surface area contributed by atoms with E-state index >= 15 is 0 Å². The highest BCUT2D eigenvalue weighted by atomic mass is 32.1. The van der Waals surface area contributed by atoms with E-state index < -0.39 is 0 Å². The molecular weight excluding hydrogens is 272 g/mol. The molecule has 3 aromatic rings. The van der Waals surface area contributed by atoms with Crippen molar-refractivity contribution >= 4 is 16.3 Å². The SMILES string of the molecule is NC1CCC(c2nn3c(-c4cccnc4)nnc3s2)C1. The van der Waals surface area contributed by atoms with Gasteiger partial charge in [-0.25, -0.2) is 0 Å². The van der Waals surface area contributed by atoms with Crippen molar-refractivity contribution in [2.75, 3.05) is 0 Å². The van der Waals surface area contributed by atoms with Gasteiger partial charge in [-0.3, -0.25) is 4.98 Å². The van der Waals surface area contributed by atoms with Gasteiger partial charge in [0.2, 0.25) is 4.96 Å². The van der Waals surface area contributed by atoms with Crippen LogP contribution in [0.25, 0.3) is 16.3 Å². The molecule has 7 heteroatoms. The minimum atomic E-state index is 0.312. The minimum absolute atomic E-state index is 0.312. The van der Waals surface area contributed by atoms with Crippen LogP contribution in [0, 0.1) is 0 Å². The first-order valence-electron chi connectivity index (χ1n) is 6.69. The molecule has 3 heterocycles. The van der Waals surface area contributed by atoms with E-state index in [0.29, 0.717) is 12.0 Å². The van der Waals surface area contributed by atoms with Gasteiger partial charge < -0.3 is 5.73 Å². The summed E-state index contributed by atoms with van der Waals surface area (Å²) in [4.78, 5) is 4.95. The predicted octanol–water partition coefficient (Wildman–Crippen LogP) is 1.84. The zero-order chi connectivity index (χ0) is 13.5. The first-order valence-corrected chi connectivity index (χ1v) is 7.51. The molecule has 1 fully saturated rings. The summed E-state index contributed by atoms with van der Waals surface area (Å²) < 4.78 is 1.82. The topological polar surface area (TPSA) is 82.0 Å². The van der Waals surface area contributed by atoms with Crippen molar-refractivity contribution in [1.82, 2.24) is 24.8 Å². The predicted molar refractivity (Wildman–Crippen MR) is 76.5 cm³/mol. The lowest BCUT2D eigenvalue weighted by atomic mass is 10.1. The monoisotopic (exact) mass is 286 g/mol. The highest BCUT2D eigenvalue weighted by molar-refractivity contribution is 7.16. The molecule has 0 amide bonds. The van der Waals surface area contributed by atoms with Gasteiger partial charge in [0.25, 0.3) is 0 Å². The van der Waals surface area contributed by atoms with Crippen molar-refractivity contribution in [3.8, 4) is 11.4 Å². The molecule has 0 saturated heterocycles. The molecule has 0 bridgehead atoms. The lowest BCUT2D eigenvalue weighted by Gasteiger charge is -2.03. The van der Waals surface area contributed by atoms with Crippen LogP contribution in [0.4, 0.5) is 0 Å². The van der Waals surface area contributed by atoms with Gasteiger partial charge in [-0.15, -0.1) is 10.2 Å². The molecule has 1 aliphatic carbocycles. The van der Waals surface area contributed by atoms with Crippen molar-refractivity contribution in [2.24, 2.45) is 5.73 Å². The van der Waals surface area contributed by atoms with Crippen molar-refractivity contribution in [3.63, 3.8) is 0 Å². The second kappa shape index (κ2) is 4.60. The summed E-state index contributed by atoms with van der Waals surface area (Å²) in [5.41, 5.74) is 6.92. The smallest absolute Gasteiger partial charge is 0.234 e. The second-order valence-electron chi connectivity index (χ2n) is 5.17. The highest BCUT2D eigenvalue weighted by Gasteiger charge is 2.27. The van der Waals surface area contributed by atoms with Gasteiger partial charge in [0.1, 0.15) is 5.01 Å². The van der Waals surface area contributed by atoms with E-state index in [0.717, 1.165) is 40.6 Å². The molecule has 0 radical (unpaired) electrons. The summed E-state index contributed by atoms with van der Waals surface area (Å²) in [5, 5.41) is 14.2. The number of rotatable bonds is 2. The Morgan fingerprint density at radius 2 is 2.25 bits per heavy atom. The van der Waals surface area contributed by atoms with Gasteiger partial charge in [0.05, 0.1) is 0 Å². The largest absolute Gasteiger partial charge is 0.328 e. The maximum Gasteiger partial charge on any atom is 0.234 e. The second-order valence-corrected chi connectivity index (χ2v) is 6.16. The van der Waals surface area contributed by atoms with Crippen molar-refractivity contribution in [2.45, 2.75) is 31.2 Å². The van der Waals surface area contributed by atoms with Gasteiger partial charge in [-0.2, -0.15) is 9.61 Å². The molecule has 2 unspecified atom stereocenters. The summed E-state index contributed by atoms with van der Waals surface area (Å²) in [6, 6.07) is 4.17. The van der Waals surface area contributed by atoms with Crippen molar-refractivity contribution in [3.05, 3.63) is 29.5 Å². The van der Waals surface area contributed by atoms with Crippen LogP contribution in [0.1, 0.15) is 30.2 Å². The zero-order valence-electron chi connectivity index (χ0n) is 10.8. The third-order valence-electron chi connectivity index (χ3n) is 3.75. The maximum atomic E-state index is 5.99. The molecule has 3 aromatic heterocycles. The molecule has 20 heavy (non-hydrogen) atoms. The Morgan fingerprint density at radius 1 is 1.30 bits per heavy atom. The van der Waals surface area contributed by atoms with Crippen LogP contribution in [-0.2, 0) is 0 Å². The fourth-order valence-corrected chi connectivity index (χ4v) is 3.70. The Hall–Kier alpha value is -1.86. The van der Waals surface area contributed by atoms with E-state index in [1.54, 1.807) is 23.7 Å². The van der Waals surface area contributed by atoms with Gasteiger partial charge in [0, 0.05) is 29.9 Å². The summed E-state index contributed by atoms with van der Waals surface area (Å²) in [6.45, 7) is 0. The third kappa shape index (κ3) is 1.90. The van der Waals surface area contributed by atoms with Crippen LogP contribution in [0.15, 0.2) is 24.5 Å². The molecule has 1 saturated carbocycles. The normalized spacial score (nSPS) is 22.6. The number of nitrogens with zero attached hydrogens (tertiary/aromatic N) is 5. The summed E-state index contributed by atoms with van der Waals surface area (Å²) in [5.74, 6) is 1.22. The average molecular weight is 286 g/mol. The van der Waals surface area contributed by atoms with E-state index in [-0.39, 0.29) is 0 Å². The van der Waals surface area contributed by atoms with Gasteiger partial charge in [0.15, 0.2) is 5.82 Å². The molecular formula is C13H14N6S. The van der Waals surface area contributed by atoms with E-state index in [1.165, 1.54) is 0 Å². The minimum Gasteiger partial charge on any atom is -0.328 e. The fraction of sp³-hybridized carbons (Fsp3) is 0.385. The van der Waals surface area contributed by atoms with Gasteiger partial charge in [-0.1, -0.05) is 11.3 Å². The molecule has 0 aromatic carbocycles. The Balaban J connectivity index is 1.76. The number of hydrogen-bond donors (Lipinski definition) is 1. The van der Waals surface area contributed by atoms with Crippen LogP contribution in [0.5, 0.6) is 0 Å². The average Bonchev–Trinajstić information content (AvgIpc) is 3.13. The molecule has 1 aliphatic rings. The fourth-order valence-electron chi connectivity index (χ4n) is 2.71. The third-order valence-corrected chi connectivity index (χ3v) is 4.81. The molecule has 0 spiro atoms. The van der Waals surface area contributed by atoms with Crippen LogP contribution in [-0.4, -0.2) is 30.8 Å². The number of nitrogens with two attached hydrogens (primary N) is 1. The zero-order valence-corrected chi connectivity index (χ0v) is 11.6. The first-order chi connectivity index (χ1) is 9.81. The van der Waals surface area contributed by atoms with E-state index in [9.17, 15) is 0 Å². The lowest BCUT2D eigenvalue weighted by molar-refractivity contribution is 0.662. The van der Waals surface area contributed by atoms with Crippen LogP contribution in [0.2, 0.25) is 0 Å². The summed E-state index contributed by atoms with van der Waals surface area (Å²) in [6.07, 6.45) is 6.75. The lowest BCUT2D eigenvalue weighted by Crippen LogP contribution is -2.14. The molecule has 2 N–H and O–H groups in total. The van der Waals surface area contributed by atoms with Crippen LogP contribution < -0.4 is 5.73 Å². The number of hydrogen-bond acceptors (Lipinski definition) is 6. The molecule has 2 atom stereocenters. The Bertz CT molecular complexity index is 734. The maximum absolute atomic E-state index is 5.99. The molecule has 102 valence electrons. The van der Waals surface area contributed by atoms with E-state index in [1.807, 2.05) is 16.6 Å². The number of aromatic nitrogens is 5. The van der Waals surface area contributed by atoms with Crippen LogP contribution in [0.3, 0.4) is 0 Å². The molecule has 0 aliphatic heterocycles. The summed E-state index contributed by atoms with van der Waals surface area (Å²) >= 11 is 1.61. The van der Waals surface area contributed by atoms with Crippen molar-refractivity contribution < 1.29 is 0 Å². The quantitative estimate of drug-likeness (QED) is 0.777. The first kappa shape index (κ1) is 11.9. The molecule has 6 nitrogen and oxygen atoms in total. The Kier molecular flexibility index (Phi) is 2.75.